The van der Waals surface area contributed by atoms with E-state index < -0.39 is 0 Å². The van der Waals surface area contributed by atoms with Crippen molar-refractivity contribution in [2.75, 3.05) is 25.4 Å². The predicted octanol–water partition coefficient (Wildman–Crippen LogP) is 2.69. The Kier molecular flexibility index (Phi) is 4.53. The van der Waals surface area contributed by atoms with Crippen LogP contribution in [0.5, 0.6) is 0 Å². The number of hydrogen-bond donors (Lipinski definition) is 2. The summed E-state index contributed by atoms with van der Waals surface area (Å²) in [6, 6.07) is 5.81. The lowest BCUT2D eigenvalue weighted by Crippen LogP contribution is -2.48. The molecule has 0 aliphatic carbocycles. The van der Waals surface area contributed by atoms with Gasteiger partial charge in [-0.1, -0.05) is 0 Å². The maximum atomic E-state index is 12.8. The number of H-pyrrole nitrogens is 1. The number of nitriles is 1. The number of rotatable bonds is 2. The number of fused-ring (bicyclic) bond motifs is 2. The predicted molar refractivity (Wildman–Crippen MR) is 112 cm³/mol. The fraction of sp³-hybridized carbons (Fsp3) is 0.333. The minimum Gasteiger partial charge on any atom is -0.382 e. The van der Waals surface area contributed by atoms with Gasteiger partial charge in [-0.15, -0.1) is 11.3 Å². The fourth-order valence-corrected chi connectivity index (χ4v) is 5.44. The van der Waals surface area contributed by atoms with Gasteiger partial charge in [0.05, 0.1) is 40.7 Å². The highest BCUT2D eigenvalue weighted by atomic mass is 32.1. The minimum atomic E-state index is -0.367. The Balaban J connectivity index is 1.37. The van der Waals surface area contributed by atoms with Crippen molar-refractivity contribution in [3.8, 4) is 16.6 Å². The second kappa shape index (κ2) is 7.23. The molecule has 152 valence electrons. The number of piperidine rings is 1. The van der Waals surface area contributed by atoms with Gasteiger partial charge in [-0.3, -0.25) is 4.79 Å². The molecule has 0 aromatic carbocycles. The van der Waals surface area contributed by atoms with E-state index in [4.69, 9.17) is 15.7 Å². The SMILES string of the molecule is N#Cc1c[nH]c(C(=O)N2CCC3(CC2)OCCc2sc(-c4cnc(N)cn4)cc23)c1. The van der Waals surface area contributed by atoms with Crippen molar-refractivity contribution in [1.29, 1.82) is 5.26 Å². The molecule has 0 saturated carbocycles. The van der Waals surface area contributed by atoms with Crippen LogP contribution in [0.15, 0.2) is 30.7 Å². The first kappa shape index (κ1) is 18.8. The quantitative estimate of drug-likeness (QED) is 0.657. The van der Waals surface area contributed by atoms with E-state index in [-0.39, 0.29) is 11.5 Å². The summed E-state index contributed by atoms with van der Waals surface area (Å²) in [6.07, 6.45) is 7.19. The molecule has 9 heteroatoms. The smallest absolute Gasteiger partial charge is 0.270 e. The van der Waals surface area contributed by atoms with E-state index in [9.17, 15) is 4.79 Å². The standard InChI is InChI=1S/C21H20N6O2S/c22-9-13-7-15(24-10-13)20(28)27-4-2-21(3-5-27)14-8-18(30-17(14)1-6-29-21)16-11-26-19(23)12-25-16/h7-8,10-12,24H,1-6H2,(H2,23,26). The molecule has 2 aliphatic heterocycles. The van der Waals surface area contributed by atoms with Crippen LogP contribution in [0.2, 0.25) is 0 Å². The van der Waals surface area contributed by atoms with E-state index >= 15 is 0 Å². The van der Waals surface area contributed by atoms with Crippen LogP contribution in [0.3, 0.4) is 0 Å². The van der Waals surface area contributed by atoms with Crippen LogP contribution in [0.25, 0.3) is 10.6 Å². The van der Waals surface area contributed by atoms with Crippen molar-refractivity contribution >= 4 is 23.1 Å². The number of amides is 1. The van der Waals surface area contributed by atoms with Crippen molar-refractivity contribution in [1.82, 2.24) is 19.9 Å². The molecule has 5 heterocycles. The van der Waals surface area contributed by atoms with Crippen LogP contribution in [0.1, 0.15) is 39.3 Å². The van der Waals surface area contributed by atoms with Gasteiger partial charge in [0, 0.05) is 30.6 Å². The number of carbonyl (C=O) groups is 1. The van der Waals surface area contributed by atoms with Crippen LogP contribution in [0, 0.1) is 11.3 Å². The number of hydrogen-bond acceptors (Lipinski definition) is 7. The lowest BCUT2D eigenvalue weighted by molar-refractivity contribution is -0.0926. The molecule has 1 fully saturated rings. The lowest BCUT2D eigenvalue weighted by Gasteiger charge is -2.44. The number of carbonyl (C=O) groups excluding carboxylic acids is 1. The largest absolute Gasteiger partial charge is 0.382 e. The first-order valence-corrected chi connectivity index (χ1v) is 10.6. The summed E-state index contributed by atoms with van der Waals surface area (Å²) in [7, 11) is 0. The molecular weight excluding hydrogens is 400 g/mol. The Labute approximate surface area is 177 Å². The molecule has 1 saturated heterocycles. The van der Waals surface area contributed by atoms with Crippen LogP contribution in [0.4, 0.5) is 5.82 Å². The maximum Gasteiger partial charge on any atom is 0.270 e. The topological polar surface area (TPSA) is 121 Å². The summed E-state index contributed by atoms with van der Waals surface area (Å²) in [5.41, 5.74) is 8.23. The van der Waals surface area contributed by atoms with Gasteiger partial charge in [0.15, 0.2) is 0 Å². The lowest BCUT2D eigenvalue weighted by atomic mass is 9.82. The van der Waals surface area contributed by atoms with Gasteiger partial charge in [0.25, 0.3) is 5.91 Å². The van der Waals surface area contributed by atoms with Crippen LogP contribution in [-0.2, 0) is 16.8 Å². The fourth-order valence-electron chi connectivity index (χ4n) is 4.25. The Hall–Kier alpha value is -3.22. The Morgan fingerprint density at radius 3 is 2.83 bits per heavy atom. The first-order chi connectivity index (χ1) is 14.6. The highest BCUT2D eigenvalue weighted by Crippen LogP contribution is 2.46. The van der Waals surface area contributed by atoms with Gasteiger partial charge >= 0.3 is 0 Å². The van der Waals surface area contributed by atoms with E-state index in [0.717, 1.165) is 29.8 Å². The van der Waals surface area contributed by atoms with E-state index in [1.165, 1.54) is 10.4 Å². The number of ether oxygens (including phenoxy) is 1. The summed E-state index contributed by atoms with van der Waals surface area (Å²) in [4.78, 5) is 28.5. The van der Waals surface area contributed by atoms with Crippen molar-refractivity contribution in [2.24, 2.45) is 0 Å². The third kappa shape index (κ3) is 3.14. The zero-order valence-corrected chi connectivity index (χ0v) is 17.0. The zero-order valence-electron chi connectivity index (χ0n) is 16.2. The van der Waals surface area contributed by atoms with Gasteiger partial charge in [0.2, 0.25) is 0 Å². The molecule has 3 N–H and O–H groups in total. The summed E-state index contributed by atoms with van der Waals surface area (Å²) in [5.74, 6) is 0.325. The van der Waals surface area contributed by atoms with Crippen LogP contribution in [-0.4, -0.2) is 45.5 Å². The molecular formula is C21H20N6O2S. The number of nitrogen functional groups attached to an aromatic ring is 1. The van der Waals surface area contributed by atoms with Crippen molar-refractivity contribution in [3.63, 3.8) is 0 Å². The van der Waals surface area contributed by atoms with Gasteiger partial charge in [-0.2, -0.15) is 5.26 Å². The summed E-state index contributed by atoms with van der Waals surface area (Å²) in [5, 5.41) is 8.97. The van der Waals surface area contributed by atoms with E-state index in [1.54, 1.807) is 36.0 Å². The van der Waals surface area contributed by atoms with E-state index in [0.29, 0.717) is 36.8 Å². The van der Waals surface area contributed by atoms with Crippen LogP contribution >= 0.6 is 11.3 Å². The van der Waals surface area contributed by atoms with Crippen molar-refractivity contribution in [2.45, 2.75) is 24.9 Å². The monoisotopic (exact) mass is 420 g/mol. The average molecular weight is 420 g/mol. The molecule has 0 radical (unpaired) electrons. The molecule has 1 spiro atoms. The molecule has 2 aliphatic rings. The number of anilines is 1. The van der Waals surface area contributed by atoms with Crippen LogP contribution < -0.4 is 5.73 Å². The van der Waals surface area contributed by atoms with Gasteiger partial charge in [-0.25, -0.2) is 9.97 Å². The second-order valence-electron chi connectivity index (χ2n) is 7.57. The number of aromatic amines is 1. The number of nitrogens with zero attached hydrogens (tertiary/aromatic N) is 4. The summed E-state index contributed by atoms with van der Waals surface area (Å²) >= 11 is 1.73. The summed E-state index contributed by atoms with van der Waals surface area (Å²) in [6.45, 7) is 1.88. The Bertz CT molecular complexity index is 1140. The molecule has 0 atom stereocenters. The number of aromatic nitrogens is 3. The van der Waals surface area contributed by atoms with Gasteiger partial charge < -0.3 is 20.4 Å². The highest BCUT2D eigenvalue weighted by molar-refractivity contribution is 7.15. The normalized spacial score (nSPS) is 17.5. The van der Waals surface area contributed by atoms with E-state index in [2.05, 4.69) is 21.0 Å². The van der Waals surface area contributed by atoms with Crippen molar-refractivity contribution < 1.29 is 9.53 Å². The third-order valence-electron chi connectivity index (χ3n) is 5.83. The molecule has 1 amide bonds. The third-order valence-corrected chi connectivity index (χ3v) is 7.05. The minimum absolute atomic E-state index is 0.0782. The highest BCUT2D eigenvalue weighted by Gasteiger charge is 2.43. The first-order valence-electron chi connectivity index (χ1n) is 9.81. The molecule has 0 bridgehead atoms. The zero-order chi connectivity index (χ0) is 20.7. The molecule has 3 aromatic rings. The molecule has 30 heavy (non-hydrogen) atoms. The van der Waals surface area contributed by atoms with Gasteiger partial charge in [-0.05, 0) is 30.5 Å². The Morgan fingerprint density at radius 2 is 2.13 bits per heavy atom. The number of nitrogens with one attached hydrogen (secondary N) is 1. The van der Waals surface area contributed by atoms with Gasteiger partial charge in [0.1, 0.15) is 17.6 Å². The second-order valence-corrected chi connectivity index (χ2v) is 8.71. The number of likely N-dealkylation sites (tertiary alicyclic amines) is 1. The number of thiophene rings is 1. The molecule has 5 rings (SSSR count). The van der Waals surface area contributed by atoms with E-state index in [1.807, 2.05) is 11.0 Å². The Morgan fingerprint density at radius 1 is 1.30 bits per heavy atom. The van der Waals surface area contributed by atoms with Crippen molar-refractivity contribution in [3.05, 3.63) is 52.4 Å². The molecule has 3 aromatic heterocycles. The maximum absolute atomic E-state index is 12.8. The summed E-state index contributed by atoms with van der Waals surface area (Å²) < 4.78 is 6.32. The average Bonchev–Trinajstić information content (AvgIpc) is 3.43. The number of nitrogens with two attached hydrogens (primary N) is 1. The molecule has 8 nitrogen and oxygen atoms in total. The molecule has 0 unspecified atom stereocenters.